The van der Waals surface area contributed by atoms with Crippen LogP contribution in [0.3, 0.4) is 0 Å². The van der Waals surface area contributed by atoms with Crippen molar-refractivity contribution in [2.24, 2.45) is 0 Å². The fourth-order valence-corrected chi connectivity index (χ4v) is 3.23. The molecule has 0 aliphatic heterocycles. The van der Waals surface area contributed by atoms with E-state index in [-0.39, 0.29) is 11.6 Å². The number of halogens is 1. The molecule has 1 aromatic heterocycles. The first-order valence-electron chi connectivity index (χ1n) is 5.94. The van der Waals surface area contributed by atoms with Gasteiger partial charge in [-0.05, 0) is 31.4 Å². The fourth-order valence-electron chi connectivity index (χ4n) is 2.12. The van der Waals surface area contributed by atoms with Crippen LogP contribution in [0.1, 0.15) is 33.8 Å². The Kier molecular flexibility index (Phi) is 2.74. The van der Waals surface area contributed by atoms with E-state index in [0.717, 1.165) is 28.3 Å². The number of rotatable bonds is 1. The Morgan fingerprint density at radius 3 is 2.89 bits per heavy atom. The first-order chi connectivity index (χ1) is 8.65. The van der Waals surface area contributed by atoms with E-state index in [2.05, 4.69) is 4.98 Å². The van der Waals surface area contributed by atoms with Gasteiger partial charge in [0, 0.05) is 16.9 Å². The summed E-state index contributed by atoms with van der Waals surface area (Å²) in [5.41, 5.74) is 1.98. The largest absolute Gasteiger partial charge is 0.292 e. The molecule has 92 valence electrons. The van der Waals surface area contributed by atoms with Crippen LogP contribution in [0.15, 0.2) is 18.2 Å². The number of nitrogens with zero attached hydrogens (tertiary/aromatic N) is 1. The maximum Gasteiger partial charge on any atom is 0.182 e. The summed E-state index contributed by atoms with van der Waals surface area (Å²) in [5, 5.41) is 0.745. The van der Waals surface area contributed by atoms with Crippen LogP contribution in [0.4, 0.5) is 4.39 Å². The number of aryl methyl sites for hydroxylation is 2. The molecular formula is C14H12FNOS. The van der Waals surface area contributed by atoms with Crippen molar-refractivity contribution in [3.63, 3.8) is 0 Å². The number of ketones is 1. The molecule has 2 nitrogen and oxygen atoms in total. The van der Waals surface area contributed by atoms with Crippen LogP contribution in [0.5, 0.6) is 0 Å². The number of benzene rings is 1. The zero-order valence-electron chi connectivity index (χ0n) is 10.00. The van der Waals surface area contributed by atoms with E-state index >= 15 is 0 Å². The van der Waals surface area contributed by atoms with Crippen LogP contribution < -0.4 is 0 Å². The molecule has 1 heterocycles. The van der Waals surface area contributed by atoms with Gasteiger partial charge >= 0.3 is 0 Å². The Morgan fingerprint density at radius 1 is 1.33 bits per heavy atom. The van der Waals surface area contributed by atoms with Crippen LogP contribution in [-0.4, -0.2) is 10.8 Å². The minimum absolute atomic E-state index is 0.117. The van der Waals surface area contributed by atoms with E-state index in [1.54, 1.807) is 13.0 Å². The highest BCUT2D eigenvalue weighted by Gasteiger charge is 2.22. The minimum Gasteiger partial charge on any atom is -0.292 e. The number of thiazole rings is 1. The molecular weight excluding hydrogens is 249 g/mol. The van der Waals surface area contributed by atoms with E-state index in [0.29, 0.717) is 17.7 Å². The second kappa shape index (κ2) is 4.28. The van der Waals surface area contributed by atoms with Gasteiger partial charge in [0.1, 0.15) is 16.5 Å². The first-order valence-corrected chi connectivity index (χ1v) is 6.76. The van der Waals surface area contributed by atoms with Crippen LogP contribution in [-0.2, 0) is 6.42 Å². The van der Waals surface area contributed by atoms with Crippen molar-refractivity contribution < 1.29 is 9.18 Å². The van der Waals surface area contributed by atoms with Crippen LogP contribution >= 0.6 is 11.3 Å². The minimum atomic E-state index is -0.230. The monoisotopic (exact) mass is 261 g/mol. The predicted octanol–water partition coefficient (Wildman–Crippen LogP) is 3.78. The molecule has 1 aliphatic carbocycles. The highest BCUT2D eigenvalue weighted by atomic mass is 32.1. The third kappa shape index (κ3) is 1.86. The maximum atomic E-state index is 13.5. The quantitative estimate of drug-likeness (QED) is 0.782. The molecule has 1 aromatic carbocycles. The normalized spacial score (nSPS) is 14.7. The highest BCUT2D eigenvalue weighted by molar-refractivity contribution is 7.15. The smallest absolute Gasteiger partial charge is 0.182 e. The number of carbonyl (C=O) groups excluding carboxylic acids is 1. The van der Waals surface area contributed by atoms with Gasteiger partial charge in [0.05, 0.1) is 0 Å². The number of hydrogen-bond donors (Lipinski definition) is 0. The van der Waals surface area contributed by atoms with E-state index in [1.165, 1.54) is 17.4 Å². The molecule has 0 unspecified atom stereocenters. The first kappa shape index (κ1) is 11.5. The fraction of sp³-hybridized carbons (Fsp3) is 0.286. The van der Waals surface area contributed by atoms with E-state index < -0.39 is 0 Å². The van der Waals surface area contributed by atoms with Crippen molar-refractivity contribution in [1.82, 2.24) is 4.98 Å². The Balaban J connectivity index is 2.07. The summed E-state index contributed by atoms with van der Waals surface area (Å²) in [6.07, 6.45) is 2.39. The van der Waals surface area contributed by atoms with Gasteiger partial charge in [0.25, 0.3) is 0 Å². The van der Waals surface area contributed by atoms with Crippen LogP contribution in [0, 0.1) is 12.7 Å². The molecule has 0 radical (unpaired) electrons. The van der Waals surface area contributed by atoms with Crippen molar-refractivity contribution in [3.8, 4) is 10.6 Å². The Hall–Kier alpha value is -1.55. The summed E-state index contributed by atoms with van der Waals surface area (Å²) in [7, 11) is 0. The molecule has 0 N–H and O–H groups in total. The zero-order chi connectivity index (χ0) is 12.7. The summed E-state index contributed by atoms with van der Waals surface area (Å²) in [5.74, 6) is -0.113. The highest BCUT2D eigenvalue weighted by Crippen LogP contribution is 2.33. The number of Topliss-reactive ketones (excluding diaryl/α,β-unsaturated/α-hetero) is 1. The lowest BCUT2D eigenvalue weighted by atomic mass is 10.0. The zero-order valence-corrected chi connectivity index (χ0v) is 10.8. The molecule has 0 saturated heterocycles. The van der Waals surface area contributed by atoms with Crippen molar-refractivity contribution in [2.75, 3.05) is 0 Å². The summed E-state index contributed by atoms with van der Waals surface area (Å²) >= 11 is 1.51. The standard InChI is InChI=1S/C14H12FNOS/c1-8-5-6-9(7-10(8)15)14-16-13-11(17)3-2-4-12(13)18-14/h5-7H,2-4H2,1H3. The van der Waals surface area contributed by atoms with Gasteiger partial charge in [-0.25, -0.2) is 9.37 Å². The summed E-state index contributed by atoms with van der Waals surface area (Å²) in [4.78, 5) is 17.1. The lowest BCUT2D eigenvalue weighted by Crippen LogP contribution is -2.08. The number of carbonyl (C=O) groups is 1. The average molecular weight is 261 g/mol. The van der Waals surface area contributed by atoms with E-state index in [4.69, 9.17) is 0 Å². The van der Waals surface area contributed by atoms with Gasteiger partial charge in [0.2, 0.25) is 0 Å². The number of hydrogen-bond acceptors (Lipinski definition) is 3. The van der Waals surface area contributed by atoms with Crippen molar-refractivity contribution in [3.05, 3.63) is 40.2 Å². The second-order valence-electron chi connectivity index (χ2n) is 4.53. The number of aromatic nitrogens is 1. The molecule has 0 amide bonds. The number of fused-ring (bicyclic) bond motifs is 1. The van der Waals surface area contributed by atoms with Crippen molar-refractivity contribution in [2.45, 2.75) is 26.2 Å². The van der Waals surface area contributed by atoms with Gasteiger partial charge in [-0.3, -0.25) is 4.79 Å². The Labute approximate surface area is 108 Å². The van der Waals surface area contributed by atoms with Gasteiger partial charge in [0.15, 0.2) is 5.78 Å². The summed E-state index contributed by atoms with van der Waals surface area (Å²) in [6, 6.07) is 5.09. The SMILES string of the molecule is Cc1ccc(-c2nc3c(s2)CCCC3=O)cc1F. The van der Waals surface area contributed by atoms with Crippen molar-refractivity contribution in [1.29, 1.82) is 0 Å². The van der Waals surface area contributed by atoms with E-state index in [1.807, 2.05) is 6.07 Å². The Bertz CT molecular complexity index is 633. The lowest BCUT2D eigenvalue weighted by Gasteiger charge is -2.06. The second-order valence-corrected chi connectivity index (χ2v) is 5.62. The molecule has 0 spiro atoms. The maximum absolute atomic E-state index is 13.5. The molecule has 2 aromatic rings. The van der Waals surface area contributed by atoms with Gasteiger partial charge in [-0.1, -0.05) is 12.1 Å². The van der Waals surface area contributed by atoms with Gasteiger partial charge in [-0.2, -0.15) is 0 Å². The van der Waals surface area contributed by atoms with Crippen LogP contribution in [0.2, 0.25) is 0 Å². The third-order valence-corrected chi connectivity index (χ3v) is 4.35. The van der Waals surface area contributed by atoms with E-state index in [9.17, 15) is 9.18 Å². The average Bonchev–Trinajstić information content (AvgIpc) is 2.78. The predicted molar refractivity (Wildman–Crippen MR) is 69.5 cm³/mol. The topological polar surface area (TPSA) is 30.0 Å². The molecule has 3 rings (SSSR count). The van der Waals surface area contributed by atoms with Gasteiger partial charge in [-0.15, -0.1) is 11.3 Å². The Morgan fingerprint density at radius 2 is 2.17 bits per heavy atom. The molecule has 0 fully saturated rings. The molecule has 4 heteroatoms. The molecule has 18 heavy (non-hydrogen) atoms. The van der Waals surface area contributed by atoms with Crippen molar-refractivity contribution >= 4 is 17.1 Å². The molecule has 0 atom stereocenters. The van der Waals surface area contributed by atoms with Crippen LogP contribution in [0.25, 0.3) is 10.6 Å². The third-order valence-electron chi connectivity index (χ3n) is 3.19. The molecule has 1 aliphatic rings. The van der Waals surface area contributed by atoms with Gasteiger partial charge < -0.3 is 0 Å². The summed E-state index contributed by atoms with van der Waals surface area (Å²) in [6.45, 7) is 1.73. The lowest BCUT2D eigenvalue weighted by molar-refractivity contribution is 0.0968. The molecule has 0 saturated carbocycles. The molecule has 0 bridgehead atoms. The summed E-state index contributed by atoms with van der Waals surface area (Å²) < 4.78 is 13.5.